The number of ether oxygens (including phenoxy) is 6. The molecule has 0 radical (unpaired) electrons. The Morgan fingerprint density at radius 1 is 0.774 bits per heavy atom. The van der Waals surface area contributed by atoms with Gasteiger partial charge in [-0.05, 0) is 12.8 Å². The normalized spacial score (nSPS) is 14.5. The molecule has 3 N–H and O–H groups in total. The standard InChI is InChI=1S/C18H32F4O9/c1-2-6-26-7-4-16(25)11-29-12-17(19,20)31-18(21,22)13-30-14-28-9-8-27-10-15(24)3-5-23/h2,15-16,23-25H,1,3-14H2. The van der Waals surface area contributed by atoms with Crippen molar-refractivity contribution in [3.05, 3.63) is 12.7 Å². The van der Waals surface area contributed by atoms with Gasteiger partial charge in [0, 0.05) is 13.2 Å². The van der Waals surface area contributed by atoms with Crippen LogP contribution in [0.15, 0.2) is 12.7 Å². The molecule has 0 saturated carbocycles. The highest BCUT2D eigenvalue weighted by Crippen LogP contribution is 2.27. The fraction of sp³-hybridized carbons (Fsp3) is 0.889. The molecule has 0 bridgehead atoms. The summed E-state index contributed by atoms with van der Waals surface area (Å²) >= 11 is 0. The molecule has 0 aromatic rings. The van der Waals surface area contributed by atoms with Crippen LogP contribution in [0.2, 0.25) is 0 Å². The number of hydrogen-bond donors (Lipinski definition) is 3. The zero-order valence-electron chi connectivity index (χ0n) is 17.2. The third-order valence-electron chi connectivity index (χ3n) is 3.29. The molecule has 0 aromatic heterocycles. The van der Waals surface area contributed by atoms with Crippen LogP contribution in [0.3, 0.4) is 0 Å². The third-order valence-corrected chi connectivity index (χ3v) is 3.29. The van der Waals surface area contributed by atoms with Crippen LogP contribution in [-0.2, 0) is 28.4 Å². The van der Waals surface area contributed by atoms with E-state index in [1.54, 1.807) is 0 Å². The second kappa shape index (κ2) is 17.6. The van der Waals surface area contributed by atoms with Gasteiger partial charge in [-0.25, -0.2) is 0 Å². The molecule has 0 fully saturated rings. The quantitative estimate of drug-likeness (QED) is 0.0923. The van der Waals surface area contributed by atoms with Gasteiger partial charge in [-0.1, -0.05) is 6.08 Å². The number of halogens is 4. The summed E-state index contributed by atoms with van der Waals surface area (Å²) < 4.78 is 81.1. The molecule has 2 atom stereocenters. The maximum Gasteiger partial charge on any atom is 0.383 e. The topological polar surface area (TPSA) is 116 Å². The molecule has 31 heavy (non-hydrogen) atoms. The SMILES string of the molecule is C=CCOCCC(O)COCC(F)(F)OC(F)(F)COCOCCOCC(O)CCO. The van der Waals surface area contributed by atoms with Crippen LogP contribution in [0.25, 0.3) is 0 Å². The first kappa shape index (κ1) is 30.1. The van der Waals surface area contributed by atoms with E-state index >= 15 is 0 Å². The zero-order chi connectivity index (χ0) is 23.6. The monoisotopic (exact) mass is 468 g/mol. The summed E-state index contributed by atoms with van der Waals surface area (Å²) in [5.41, 5.74) is 0. The molecule has 13 heteroatoms. The van der Waals surface area contributed by atoms with Gasteiger partial charge in [-0.2, -0.15) is 17.6 Å². The lowest BCUT2D eigenvalue weighted by molar-refractivity contribution is -0.396. The van der Waals surface area contributed by atoms with Gasteiger partial charge in [0.2, 0.25) is 0 Å². The Balaban J connectivity index is 3.85. The Bertz CT molecular complexity index is 444. The average Bonchev–Trinajstić information content (AvgIpc) is 2.66. The molecule has 2 unspecified atom stereocenters. The van der Waals surface area contributed by atoms with Crippen molar-refractivity contribution >= 4 is 0 Å². The van der Waals surface area contributed by atoms with Gasteiger partial charge in [0.25, 0.3) is 0 Å². The molecule has 0 spiro atoms. The highest BCUT2D eigenvalue weighted by molar-refractivity contribution is 4.64. The Hall–Kier alpha value is -0.900. The number of hydrogen-bond acceptors (Lipinski definition) is 9. The van der Waals surface area contributed by atoms with E-state index in [0.717, 1.165) is 0 Å². The molecule has 186 valence electrons. The van der Waals surface area contributed by atoms with Crippen LogP contribution in [0.4, 0.5) is 17.6 Å². The van der Waals surface area contributed by atoms with Crippen molar-refractivity contribution in [2.45, 2.75) is 37.3 Å². The van der Waals surface area contributed by atoms with Crippen molar-refractivity contribution in [1.29, 1.82) is 0 Å². The molecule has 0 aromatic carbocycles. The van der Waals surface area contributed by atoms with E-state index in [2.05, 4.69) is 20.8 Å². The predicted octanol–water partition coefficient (Wildman–Crippen LogP) is 0.909. The molecular weight excluding hydrogens is 436 g/mol. The Kier molecular flexibility index (Phi) is 17.1. The predicted molar refractivity (Wildman–Crippen MR) is 98.7 cm³/mol. The minimum Gasteiger partial charge on any atom is -0.396 e. The highest BCUT2D eigenvalue weighted by atomic mass is 19.3. The summed E-state index contributed by atoms with van der Waals surface area (Å²) in [4.78, 5) is 0. The molecule has 0 amide bonds. The van der Waals surface area contributed by atoms with Gasteiger partial charge in [0.15, 0.2) is 0 Å². The minimum atomic E-state index is -4.31. The van der Waals surface area contributed by atoms with Crippen molar-refractivity contribution in [2.24, 2.45) is 0 Å². The van der Waals surface area contributed by atoms with E-state index < -0.39 is 51.0 Å². The summed E-state index contributed by atoms with van der Waals surface area (Å²) in [6.45, 7) is -0.499. The summed E-state index contributed by atoms with van der Waals surface area (Å²) in [5, 5.41) is 27.4. The van der Waals surface area contributed by atoms with Crippen LogP contribution in [0.1, 0.15) is 12.8 Å². The lowest BCUT2D eigenvalue weighted by Gasteiger charge is -2.24. The number of rotatable bonds is 22. The van der Waals surface area contributed by atoms with Crippen molar-refractivity contribution in [3.8, 4) is 0 Å². The zero-order valence-corrected chi connectivity index (χ0v) is 17.2. The van der Waals surface area contributed by atoms with Crippen LogP contribution in [0, 0.1) is 0 Å². The first-order valence-electron chi connectivity index (χ1n) is 9.54. The molecule has 0 aliphatic rings. The van der Waals surface area contributed by atoms with Crippen LogP contribution < -0.4 is 0 Å². The Labute approximate surface area is 178 Å². The van der Waals surface area contributed by atoms with E-state index in [1.165, 1.54) is 6.08 Å². The van der Waals surface area contributed by atoms with Gasteiger partial charge < -0.3 is 39.0 Å². The Morgan fingerprint density at radius 3 is 2.00 bits per heavy atom. The van der Waals surface area contributed by atoms with Crippen LogP contribution in [0.5, 0.6) is 0 Å². The fourth-order valence-electron chi connectivity index (χ4n) is 1.91. The lowest BCUT2D eigenvalue weighted by atomic mass is 10.3. The number of alkyl halides is 4. The first-order chi connectivity index (χ1) is 14.6. The minimum absolute atomic E-state index is 0.0282. The summed E-state index contributed by atoms with van der Waals surface area (Å²) in [5.74, 6) is 0. The van der Waals surface area contributed by atoms with E-state index in [9.17, 15) is 27.8 Å². The average molecular weight is 468 g/mol. The van der Waals surface area contributed by atoms with E-state index in [4.69, 9.17) is 19.3 Å². The number of aliphatic hydroxyl groups excluding tert-OH is 3. The third kappa shape index (κ3) is 19.5. The second-order valence-electron chi connectivity index (χ2n) is 6.31. The van der Waals surface area contributed by atoms with Crippen molar-refractivity contribution in [3.63, 3.8) is 0 Å². The van der Waals surface area contributed by atoms with Crippen LogP contribution >= 0.6 is 0 Å². The molecule has 0 aliphatic heterocycles. The van der Waals surface area contributed by atoms with Gasteiger partial charge >= 0.3 is 12.2 Å². The van der Waals surface area contributed by atoms with E-state index in [1.807, 2.05) is 0 Å². The van der Waals surface area contributed by atoms with Gasteiger partial charge in [0.05, 0.1) is 45.2 Å². The second-order valence-corrected chi connectivity index (χ2v) is 6.31. The summed E-state index contributed by atoms with van der Waals surface area (Å²) in [6.07, 6.45) is -8.79. The van der Waals surface area contributed by atoms with Crippen molar-refractivity contribution in [2.75, 3.05) is 66.3 Å². The first-order valence-corrected chi connectivity index (χ1v) is 9.54. The molecule has 9 nitrogen and oxygen atoms in total. The molecule has 0 rings (SSSR count). The van der Waals surface area contributed by atoms with Gasteiger partial charge in [0.1, 0.15) is 20.0 Å². The summed E-state index contributed by atoms with van der Waals surface area (Å²) in [6, 6.07) is 0. The maximum atomic E-state index is 13.5. The molecular formula is C18H32F4O9. The number of aliphatic hydroxyl groups is 3. The van der Waals surface area contributed by atoms with E-state index in [0.29, 0.717) is 0 Å². The summed E-state index contributed by atoms with van der Waals surface area (Å²) in [7, 11) is 0. The Morgan fingerprint density at radius 2 is 1.35 bits per heavy atom. The maximum absolute atomic E-state index is 13.5. The lowest BCUT2D eigenvalue weighted by Crippen LogP contribution is -2.40. The largest absolute Gasteiger partial charge is 0.396 e. The highest BCUT2D eigenvalue weighted by Gasteiger charge is 2.44. The molecule has 0 aliphatic carbocycles. The fourth-order valence-corrected chi connectivity index (χ4v) is 1.91. The smallest absolute Gasteiger partial charge is 0.383 e. The van der Waals surface area contributed by atoms with Crippen molar-refractivity contribution in [1.82, 2.24) is 0 Å². The molecule has 0 saturated heterocycles. The van der Waals surface area contributed by atoms with Gasteiger partial charge in [-0.15, -0.1) is 6.58 Å². The van der Waals surface area contributed by atoms with E-state index in [-0.39, 0.29) is 52.5 Å². The van der Waals surface area contributed by atoms with Crippen molar-refractivity contribution < 1.29 is 61.3 Å². The van der Waals surface area contributed by atoms with Gasteiger partial charge in [-0.3, -0.25) is 4.74 Å². The van der Waals surface area contributed by atoms with Crippen LogP contribution in [-0.4, -0.2) is 106 Å². The molecule has 0 heterocycles.